The number of aromatic nitrogens is 2. The van der Waals surface area contributed by atoms with Crippen molar-refractivity contribution in [3.8, 4) is 0 Å². The number of hydrogen-bond acceptors (Lipinski definition) is 8. The predicted octanol–water partition coefficient (Wildman–Crippen LogP) is 0.543. The highest BCUT2D eigenvalue weighted by Crippen LogP contribution is 2.46. The molecule has 19 heavy (non-hydrogen) atoms. The first-order valence-electron chi connectivity index (χ1n) is 5.57. The quantitative estimate of drug-likeness (QED) is 0.469. The van der Waals surface area contributed by atoms with E-state index in [1.54, 1.807) is 16.8 Å². The number of rotatable bonds is 4. The zero-order valence-corrected chi connectivity index (χ0v) is 11.6. The molecule has 0 bridgehead atoms. The van der Waals surface area contributed by atoms with Crippen molar-refractivity contribution in [2.75, 3.05) is 12.3 Å². The molecule has 0 aliphatic carbocycles. The van der Waals surface area contributed by atoms with Gasteiger partial charge in [-0.3, -0.25) is 4.57 Å². The van der Waals surface area contributed by atoms with E-state index in [1.807, 2.05) is 0 Å². The van der Waals surface area contributed by atoms with Crippen molar-refractivity contribution < 1.29 is 23.9 Å². The van der Waals surface area contributed by atoms with Gasteiger partial charge >= 0.3 is 8.17 Å². The molecule has 0 radical (unpaired) electrons. The van der Waals surface area contributed by atoms with Crippen LogP contribution >= 0.6 is 20.4 Å². The Bertz CT molecular complexity index is 505. The number of ether oxygens (including phenoxy) is 1. The topological polar surface area (TPSA) is 123 Å². The molecule has 0 aromatic carbocycles. The van der Waals surface area contributed by atoms with Gasteiger partial charge in [-0.1, -0.05) is 0 Å². The van der Waals surface area contributed by atoms with Crippen LogP contribution in [0.1, 0.15) is 19.1 Å². The van der Waals surface area contributed by atoms with E-state index in [2.05, 4.69) is 9.51 Å². The first kappa shape index (κ1) is 14.7. The number of nitrogens with two attached hydrogens (primary N) is 1. The lowest BCUT2D eigenvalue weighted by atomic mass is 10.2. The molecule has 0 amide bonds. The molecular formula is C9H15N3O5PS+. The van der Waals surface area contributed by atoms with Crippen LogP contribution in [0.15, 0.2) is 12.3 Å². The summed E-state index contributed by atoms with van der Waals surface area (Å²) in [5, 5.41) is 0. The first-order valence-corrected chi connectivity index (χ1v) is 7.54. The van der Waals surface area contributed by atoms with E-state index in [1.165, 1.54) is 0 Å². The highest BCUT2D eigenvalue weighted by atomic mass is 32.1. The largest absolute Gasteiger partial charge is 0.567 e. The third kappa shape index (κ3) is 4.15. The Labute approximate surface area is 115 Å². The molecule has 1 saturated heterocycles. The van der Waals surface area contributed by atoms with E-state index < -0.39 is 8.17 Å². The van der Waals surface area contributed by atoms with Gasteiger partial charge in [0.1, 0.15) is 18.7 Å². The summed E-state index contributed by atoms with van der Waals surface area (Å²) in [5.41, 5.74) is 5.52. The van der Waals surface area contributed by atoms with Crippen LogP contribution in [0.3, 0.4) is 0 Å². The minimum Gasteiger partial charge on any atom is -0.384 e. The van der Waals surface area contributed by atoms with Gasteiger partial charge in [-0.05, 0) is 31.1 Å². The average Bonchev–Trinajstić information content (AvgIpc) is 2.74. The fourth-order valence-corrected chi connectivity index (χ4v) is 2.49. The van der Waals surface area contributed by atoms with Crippen molar-refractivity contribution in [3.63, 3.8) is 0 Å². The van der Waals surface area contributed by atoms with Crippen LogP contribution in [0.2, 0.25) is 0 Å². The molecule has 2 rings (SSSR count). The summed E-state index contributed by atoms with van der Waals surface area (Å²) >= 11 is 5.08. The lowest BCUT2D eigenvalue weighted by Crippen LogP contribution is -2.17. The summed E-state index contributed by atoms with van der Waals surface area (Å²) in [5.74, 6) is 0.342. The fraction of sp³-hybridized carbons (Fsp3) is 0.556. The van der Waals surface area contributed by atoms with Gasteiger partial charge in [-0.2, -0.15) is 19.2 Å². The fourth-order valence-electron chi connectivity index (χ4n) is 1.84. The zero-order valence-electron chi connectivity index (χ0n) is 9.92. The number of anilines is 1. The van der Waals surface area contributed by atoms with Gasteiger partial charge in [0, 0.05) is 6.20 Å². The van der Waals surface area contributed by atoms with Gasteiger partial charge < -0.3 is 10.5 Å². The summed E-state index contributed by atoms with van der Waals surface area (Å²) in [6.07, 6.45) is 2.40. The van der Waals surface area contributed by atoms with E-state index >= 15 is 0 Å². The van der Waals surface area contributed by atoms with Crippen molar-refractivity contribution in [2.45, 2.75) is 25.2 Å². The van der Waals surface area contributed by atoms with E-state index in [-0.39, 0.29) is 18.9 Å². The van der Waals surface area contributed by atoms with Crippen LogP contribution in [0.4, 0.5) is 5.82 Å². The zero-order chi connectivity index (χ0) is 14.0. The molecular weight excluding hydrogens is 293 g/mol. The highest BCUT2D eigenvalue weighted by molar-refractivity contribution is 7.71. The normalized spacial score (nSPS) is 23.7. The van der Waals surface area contributed by atoms with Gasteiger partial charge in [0.05, 0.1) is 6.10 Å². The molecule has 10 heteroatoms. The molecule has 1 aliphatic heterocycles. The van der Waals surface area contributed by atoms with Crippen molar-refractivity contribution in [3.05, 3.63) is 17.0 Å². The van der Waals surface area contributed by atoms with Crippen molar-refractivity contribution in [1.82, 2.24) is 9.55 Å². The lowest BCUT2D eigenvalue weighted by Gasteiger charge is -2.16. The monoisotopic (exact) mass is 308 g/mol. The van der Waals surface area contributed by atoms with Crippen LogP contribution < -0.4 is 5.73 Å². The van der Waals surface area contributed by atoms with Gasteiger partial charge in [0.15, 0.2) is 0 Å². The summed E-state index contributed by atoms with van der Waals surface area (Å²) in [6, 6.07) is 1.62. The molecule has 2 heterocycles. The molecule has 1 aromatic heterocycles. The molecule has 0 spiro atoms. The Kier molecular flexibility index (Phi) is 4.46. The van der Waals surface area contributed by atoms with E-state index in [0.717, 1.165) is 0 Å². The van der Waals surface area contributed by atoms with Crippen LogP contribution in [-0.4, -0.2) is 36.9 Å². The van der Waals surface area contributed by atoms with Gasteiger partial charge in [0.2, 0.25) is 4.77 Å². The molecule has 8 nitrogen and oxygen atoms in total. The van der Waals surface area contributed by atoms with Gasteiger partial charge in [0.25, 0.3) is 0 Å². The summed E-state index contributed by atoms with van der Waals surface area (Å²) in [6.45, 7) is -0.0937. The number of hydrogen-bond donors (Lipinski definition) is 4. The average molecular weight is 308 g/mol. The van der Waals surface area contributed by atoms with E-state index in [0.29, 0.717) is 23.4 Å². The summed E-state index contributed by atoms with van der Waals surface area (Å²) in [7, 11) is -4.21. The Morgan fingerprint density at radius 2 is 2.26 bits per heavy atom. The first-order chi connectivity index (χ1) is 8.85. The SMILES string of the molecule is Nc1ccn(C2CCC(CO[P+](O)(O)O)O2)c(=S)n1. The third-order valence-electron chi connectivity index (χ3n) is 2.68. The second-order valence-corrected chi connectivity index (χ2v) is 5.79. The molecule has 0 saturated carbocycles. The summed E-state index contributed by atoms with van der Waals surface area (Å²) < 4.78 is 12.2. The molecule has 1 aliphatic rings. The Balaban J connectivity index is 1.96. The van der Waals surface area contributed by atoms with Crippen molar-refractivity contribution in [2.24, 2.45) is 0 Å². The predicted molar refractivity (Wildman–Crippen MR) is 70.1 cm³/mol. The third-order valence-corrected chi connectivity index (χ3v) is 3.48. The van der Waals surface area contributed by atoms with Crippen molar-refractivity contribution in [1.29, 1.82) is 0 Å². The second kappa shape index (κ2) is 5.76. The maximum absolute atomic E-state index is 8.73. The smallest absolute Gasteiger partial charge is 0.384 e. The maximum atomic E-state index is 8.73. The highest BCUT2D eigenvalue weighted by Gasteiger charge is 2.36. The maximum Gasteiger partial charge on any atom is 0.567 e. The molecule has 1 fully saturated rings. The van der Waals surface area contributed by atoms with Gasteiger partial charge in [-0.15, -0.1) is 0 Å². The Morgan fingerprint density at radius 3 is 2.89 bits per heavy atom. The molecule has 1 aromatic rings. The molecule has 2 unspecified atom stereocenters. The van der Waals surface area contributed by atoms with Crippen LogP contribution in [-0.2, 0) is 9.26 Å². The van der Waals surface area contributed by atoms with Crippen molar-refractivity contribution >= 4 is 26.2 Å². The van der Waals surface area contributed by atoms with E-state index in [4.69, 9.17) is 37.4 Å². The Hall–Kier alpha value is -0.670. The molecule has 5 N–H and O–H groups in total. The van der Waals surface area contributed by atoms with Crippen LogP contribution in [0.25, 0.3) is 0 Å². The summed E-state index contributed by atoms with van der Waals surface area (Å²) in [4.78, 5) is 30.2. The van der Waals surface area contributed by atoms with Gasteiger partial charge in [-0.25, -0.2) is 4.98 Å². The van der Waals surface area contributed by atoms with Crippen LogP contribution in [0.5, 0.6) is 0 Å². The second-order valence-electron chi connectivity index (χ2n) is 4.14. The van der Waals surface area contributed by atoms with E-state index in [9.17, 15) is 0 Å². The molecule has 106 valence electrons. The lowest BCUT2D eigenvalue weighted by molar-refractivity contribution is -0.0262. The van der Waals surface area contributed by atoms with Crippen LogP contribution in [0, 0.1) is 4.77 Å². The minimum atomic E-state index is -4.21. The minimum absolute atomic E-state index is 0.0937. The Morgan fingerprint density at radius 1 is 1.53 bits per heavy atom. The standard InChI is InChI=1S/C9H14N3O5PS/c10-7-3-4-12(9(19)11-7)8-2-1-6(17-8)5-16-18(13,14)15/h3-4,6,8,13-15H,1-2,5H2,(H-,10,11,19)/p+1. The number of nitrogen functional groups attached to an aromatic ring is 1. The number of nitrogens with zero attached hydrogens (tertiary/aromatic N) is 2. The molecule has 2 atom stereocenters.